The third-order valence-electron chi connectivity index (χ3n) is 4.32. The summed E-state index contributed by atoms with van der Waals surface area (Å²) in [5, 5.41) is 25.1. The van der Waals surface area contributed by atoms with Gasteiger partial charge in [-0.15, -0.1) is 21.5 Å². The number of aryl methyl sites for hydroxylation is 2. The number of hydrogen-bond donors (Lipinski definition) is 2. The molecule has 0 aliphatic heterocycles. The molecule has 2 aromatic heterocycles. The van der Waals surface area contributed by atoms with E-state index in [2.05, 4.69) is 26.9 Å². The first kappa shape index (κ1) is 18.9. The first-order chi connectivity index (χ1) is 13.6. The van der Waals surface area contributed by atoms with Crippen LogP contribution in [0.1, 0.15) is 28.0 Å². The Bertz CT molecular complexity index is 1050. The second-order valence-electron chi connectivity index (χ2n) is 6.37. The van der Waals surface area contributed by atoms with Crippen LogP contribution in [0.25, 0.3) is 0 Å². The van der Waals surface area contributed by atoms with Gasteiger partial charge in [0.25, 0.3) is 0 Å². The smallest absolute Gasteiger partial charge is 0.235 e. The number of thiophene rings is 1. The molecule has 0 bridgehead atoms. The van der Waals surface area contributed by atoms with Gasteiger partial charge in [0, 0.05) is 10.6 Å². The van der Waals surface area contributed by atoms with Crippen LogP contribution in [-0.4, -0.2) is 21.9 Å². The van der Waals surface area contributed by atoms with Crippen molar-refractivity contribution in [1.29, 1.82) is 5.26 Å². The molecule has 0 radical (unpaired) electrons. The maximum atomic E-state index is 12.3. The van der Waals surface area contributed by atoms with Gasteiger partial charge in [-0.2, -0.15) is 5.26 Å². The molecule has 3 aromatic rings. The molecule has 2 heterocycles. The third-order valence-corrected chi connectivity index (χ3v) is 7.50. The molecular formula is C19H17N5OS3. The average molecular weight is 428 g/mol. The van der Waals surface area contributed by atoms with Gasteiger partial charge in [0.2, 0.25) is 11.0 Å². The van der Waals surface area contributed by atoms with Crippen LogP contribution in [0.4, 0.5) is 15.8 Å². The fourth-order valence-corrected chi connectivity index (χ4v) is 5.81. The van der Waals surface area contributed by atoms with Crippen molar-refractivity contribution in [2.75, 3.05) is 16.4 Å². The van der Waals surface area contributed by atoms with E-state index in [0.717, 1.165) is 34.9 Å². The Hall–Kier alpha value is -2.41. The van der Waals surface area contributed by atoms with E-state index in [-0.39, 0.29) is 11.7 Å². The van der Waals surface area contributed by atoms with Gasteiger partial charge in [-0.05, 0) is 43.9 Å². The number of anilines is 3. The number of hydrogen-bond acceptors (Lipinski definition) is 8. The van der Waals surface area contributed by atoms with Crippen LogP contribution in [0, 0.1) is 18.3 Å². The van der Waals surface area contributed by atoms with Gasteiger partial charge in [-0.1, -0.05) is 40.8 Å². The van der Waals surface area contributed by atoms with Gasteiger partial charge >= 0.3 is 0 Å². The monoisotopic (exact) mass is 427 g/mol. The summed E-state index contributed by atoms with van der Waals surface area (Å²) in [5.41, 5.74) is 3.90. The Labute approximate surface area is 175 Å². The van der Waals surface area contributed by atoms with Crippen molar-refractivity contribution in [3.8, 4) is 6.07 Å². The zero-order valence-corrected chi connectivity index (χ0v) is 17.6. The van der Waals surface area contributed by atoms with Crippen molar-refractivity contribution in [2.24, 2.45) is 0 Å². The second-order valence-corrected chi connectivity index (χ2v) is 9.68. The van der Waals surface area contributed by atoms with Crippen molar-refractivity contribution in [2.45, 2.75) is 30.5 Å². The van der Waals surface area contributed by atoms with Crippen molar-refractivity contribution in [3.05, 3.63) is 45.8 Å². The van der Waals surface area contributed by atoms with Gasteiger partial charge in [0.15, 0.2) is 4.34 Å². The number of nitrogens with one attached hydrogen (secondary N) is 2. The van der Waals surface area contributed by atoms with Crippen LogP contribution >= 0.6 is 34.4 Å². The highest BCUT2D eigenvalue weighted by Crippen LogP contribution is 2.38. The molecule has 1 aliphatic rings. The normalized spacial score (nSPS) is 12.4. The molecular weight excluding hydrogens is 410 g/mol. The third kappa shape index (κ3) is 4.19. The standard InChI is InChI=1S/C19H17N5OS3/c1-11-5-7-12(8-6-11)21-18-23-24-19(28-18)26-10-16(25)22-17-14(9-20)13-3-2-4-15(13)27-17/h5-8H,2-4,10H2,1H3,(H,21,23)(H,22,25). The number of thioether (sulfide) groups is 1. The molecule has 0 saturated carbocycles. The quantitative estimate of drug-likeness (QED) is 0.552. The molecule has 0 saturated heterocycles. The summed E-state index contributed by atoms with van der Waals surface area (Å²) in [6.07, 6.45) is 3.03. The predicted molar refractivity (Wildman–Crippen MR) is 115 cm³/mol. The minimum absolute atomic E-state index is 0.135. The molecule has 0 unspecified atom stereocenters. The van der Waals surface area contributed by atoms with E-state index in [1.807, 2.05) is 31.2 Å². The van der Waals surface area contributed by atoms with E-state index in [1.54, 1.807) is 0 Å². The number of amides is 1. The molecule has 1 aromatic carbocycles. The number of rotatable bonds is 6. The van der Waals surface area contributed by atoms with Crippen molar-refractivity contribution in [3.63, 3.8) is 0 Å². The maximum absolute atomic E-state index is 12.3. The predicted octanol–water partition coefficient (Wildman–Crippen LogP) is 4.74. The number of fused-ring (bicyclic) bond motifs is 1. The van der Waals surface area contributed by atoms with E-state index >= 15 is 0 Å². The summed E-state index contributed by atoms with van der Waals surface area (Å²) in [4.78, 5) is 13.5. The van der Waals surface area contributed by atoms with E-state index < -0.39 is 0 Å². The largest absolute Gasteiger partial charge is 0.330 e. The lowest BCUT2D eigenvalue weighted by Crippen LogP contribution is -2.13. The van der Waals surface area contributed by atoms with Crippen LogP contribution in [0.5, 0.6) is 0 Å². The molecule has 0 fully saturated rings. The lowest BCUT2D eigenvalue weighted by Gasteiger charge is -2.03. The number of benzene rings is 1. The number of nitriles is 1. The summed E-state index contributed by atoms with van der Waals surface area (Å²) in [6.45, 7) is 2.04. The van der Waals surface area contributed by atoms with Crippen molar-refractivity contribution < 1.29 is 4.79 Å². The van der Waals surface area contributed by atoms with E-state index in [9.17, 15) is 10.1 Å². The molecule has 1 aliphatic carbocycles. The first-order valence-electron chi connectivity index (χ1n) is 8.77. The van der Waals surface area contributed by atoms with E-state index in [1.165, 1.54) is 44.9 Å². The van der Waals surface area contributed by atoms with Crippen LogP contribution in [-0.2, 0) is 17.6 Å². The summed E-state index contributed by atoms with van der Waals surface area (Å²) in [7, 11) is 0. The van der Waals surface area contributed by atoms with Crippen molar-refractivity contribution in [1.82, 2.24) is 10.2 Å². The molecule has 0 spiro atoms. The fourth-order valence-electron chi connectivity index (χ4n) is 2.98. The lowest BCUT2D eigenvalue weighted by atomic mass is 10.1. The molecule has 6 nitrogen and oxygen atoms in total. The first-order valence-corrected chi connectivity index (χ1v) is 11.4. The van der Waals surface area contributed by atoms with Crippen LogP contribution < -0.4 is 10.6 Å². The molecule has 9 heteroatoms. The molecule has 142 valence electrons. The van der Waals surface area contributed by atoms with Gasteiger partial charge < -0.3 is 10.6 Å². The number of aromatic nitrogens is 2. The Balaban J connectivity index is 1.33. The fraction of sp³-hybridized carbons (Fsp3) is 0.263. The van der Waals surface area contributed by atoms with Gasteiger partial charge in [-0.3, -0.25) is 4.79 Å². The minimum Gasteiger partial charge on any atom is -0.330 e. The van der Waals surface area contributed by atoms with Crippen molar-refractivity contribution >= 4 is 56.2 Å². The van der Waals surface area contributed by atoms with Gasteiger partial charge in [0.05, 0.1) is 11.3 Å². The summed E-state index contributed by atoms with van der Waals surface area (Å²) >= 11 is 4.28. The molecule has 0 atom stereocenters. The van der Waals surface area contributed by atoms with E-state index in [4.69, 9.17) is 0 Å². The number of carbonyl (C=O) groups is 1. The highest BCUT2D eigenvalue weighted by atomic mass is 32.2. The SMILES string of the molecule is Cc1ccc(Nc2nnc(SCC(=O)Nc3sc4c(c3C#N)CCC4)s2)cc1. The van der Waals surface area contributed by atoms with Crippen LogP contribution in [0.3, 0.4) is 0 Å². The summed E-state index contributed by atoms with van der Waals surface area (Å²) in [6, 6.07) is 10.3. The molecule has 1 amide bonds. The van der Waals surface area contributed by atoms with Crippen LogP contribution in [0.2, 0.25) is 0 Å². The Morgan fingerprint density at radius 2 is 2.07 bits per heavy atom. The second kappa shape index (κ2) is 8.31. The molecule has 2 N–H and O–H groups in total. The number of carbonyl (C=O) groups excluding carboxylic acids is 1. The Morgan fingerprint density at radius 1 is 1.25 bits per heavy atom. The average Bonchev–Trinajstić information content (AvgIpc) is 3.38. The highest BCUT2D eigenvalue weighted by Gasteiger charge is 2.23. The topological polar surface area (TPSA) is 90.7 Å². The maximum Gasteiger partial charge on any atom is 0.235 e. The van der Waals surface area contributed by atoms with Gasteiger partial charge in [0.1, 0.15) is 11.1 Å². The Kier molecular flexibility index (Phi) is 5.62. The number of nitrogens with zero attached hydrogens (tertiary/aromatic N) is 3. The highest BCUT2D eigenvalue weighted by molar-refractivity contribution is 8.01. The zero-order chi connectivity index (χ0) is 19.5. The van der Waals surface area contributed by atoms with Crippen LogP contribution in [0.15, 0.2) is 28.6 Å². The summed E-state index contributed by atoms with van der Waals surface area (Å²) in [5.74, 6) is 0.0942. The zero-order valence-electron chi connectivity index (χ0n) is 15.1. The lowest BCUT2D eigenvalue weighted by molar-refractivity contribution is -0.113. The van der Waals surface area contributed by atoms with E-state index in [0.29, 0.717) is 15.7 Å². The molecule has 4 rings (SSSR count). The summed E-state index contributed by atoms with van der Waals surface area (Å²) < 4.78 is 0.721. The van der Waals surface area contributed by atoms with Gasteiger partial charge in [-0.25, -0.2) is 0 Å². The minimum atomic E-state index is -0.135. The Morgan fingerprint density at radius 3 is 2.86 bits per heavy atom. The molecule has 28 heavy (non-hydrogen) atoms.